The van der Waals surface area contributed by atoms with Gasteiger partial charge in [-0.1, -0.05) is 0 Å². The molecular formula is C7H15NO6S. The molecule has 0 bridgehead atoms. The Bertz CT molecular complexity index is 284. The summed E-state index contributed by atoms with van der Waals surface area (Å²) in [5.41, 5.74) is 0. The van der Waals surface area contributed by atoms with E-state index < -0.39 is 28.0 Å². The van der Waals surface area contributed by atoms with Crippen molar-refractivity contribution in [3.8, 4) is 0 Å². The highest BCUT2D eigenvalue weighted by Gasteiger charge is 2.18. The van der Waals surface area contributed by atoms with Crippen LogP contribution < -0.4 is 4.72 Å². The average molecular weight is 241 g/mol. The van der Waals surface area contributed by atoms with Crippen molar-refractivity contribution in [3.05, 3.63) is 0 Å². The Balaban J connectivity index is 4.10. The Kier molecular flexibility index (Phi) is 6.41. The van der Waals surface area contributed by atoms with Crippen LogP contribution in [0.3, 0.4) is 0 Å². The summed E-state index contributed by atoms with van der Waals surface area (Å²) < 4.78 is 38.3. The lowest BCUT2D eigenvalue weighted by Crippen LogP contribution is -2.37. The van der Waals surface area contributed by atoms with Crippen LogP contribution in [0.2, 0.25) is 0 Å². The van der Waals surface area contributed by atoms with E-state index in [0.29, 0.717) is 0 Å². The molecule has 7 nitrogen and oxygen atoms in total. The fourth-order valence-electron chi connectivity index (χ4n) is 0.723. The molecule has 90 valence electrons. The minimum Gasteiger partial charge on any atom is -0.468 e. The third kappa shape index (κ3) is 6.39. The summed E-state index contributed by atoms with van der Waals surface area (Å²) in [6.07, 6.45) is -0.683. The van der Waals surface area contributed by atoms with Crippen molar-refractivity contribution in [3.63, 3.8) is 0 Å². The summed E-state index contributed by atoms with van der Waals surface area (Å²) >= 11 is 0. The quantitative estimate of drug-likeness (QED) is 0.440. The van der Waals surface area contributed by atoms with Gasteiger partial charge in [-0.15, -0.1) is 0 Å². The molecule has 0 radical (unpaired) electrons. The van der Waals surface area contributed by atoms with Gasteiger partial charge >= 0.3 is 5.97 Å². The molecule has 0 saturated carbocycles. The van der Waals surface area contributed by atoms with E-state index in [-0.39, 0.29) is 6.54 Å². The molecule has 8 heteroatoms. The van der Waals surface area contributed by atoms with Crippen LogP contribution in [0, 0.1) is 0 Å². The summed E-state index contributed by atoms with van der Waals surface area (Å²) in [5.74, 6) is -1.54. The molecule has 1 N–H and O–H groups in total. The SMILES string of the molecule is COC(=O)CS(=O)(=O)NCC(OC)OC. The fourth-order valence-corrected chi connectivity index (χ4v) is 1.64. The van der Waals surface area contributed by atoms with Crippen molar-refractivity contribution in [1.29, 1.82) is 0 Å². The normalized spacial score (nSPS) is 11.7. The van der Waals surface area contributed by atoms with Gasteiger partial charge in [-0.05, 0) is 0 Å². The zero-order valence-corrected chi connectivity index (χ0v) is 9.67. The summed E-state index contributed by atoms with van der Waals surface area (Å²) in [6.45, 7) is -0.0632. The molecule has 0 aliphatic heterocycles. The van der Waals surface area contributed by atoms with Gasteiger partial charge in [-0.3, -0.25) is 4.79 Å². The van der Waals surface area contributed by atoms with E-state index in [1.807, 2.05) is 0 Å². The van der Waals surface area contributed by atoms with Gasteiger partial charge in [0.15, 0.2) is 12.0 Å². The van der Waals surface area contributed by atoms with Crippen molar-refractivity contribution < 1.29 is 27.4 Å². The number of esters is 1. The zero-order valence-electron chi connectivity index (χ0n) is 8.85. The van der Waals surface area contributed by atoms with E-state index in [9.17, 15) is 13.2 Å². The van der Waals surface area contributed by atoms with Gasteiger partial charge in [0, 0.05) is 14.2 Å². The molecule has 0 amide bonds. The molecule has 0 spiro atoms. The second-order valence-corrected chi connectivity index (χ2v) is 4.39. The second-order valence-electron chi connectivity index (χ2n) is 2.58. The number of ether oxygens (including phenoxy) is 3. The summed E-state index contributed by atoms with van der Waals surface area (Å²) in [6, 6.07) is 0. The second kappa shape index (κ2) is 6.72. The van der Waals surface area contributed by atoms with Gasteiger partial charge < -0.3 is 14.2 Å². The molecule has 0 rings (SSSR count). The Morgan fingerprint density at radius 1 is 1.27 bits per heavy atom. The van der Waals surface area contributed by atoms with Gasteiger partial charge in [0.25, 0.3) is 0 Å². The lowest BCUT2D eigenvalue weighted by Gasteiger charge is -2.13. The largest absolute Gasteiger partial charge is 0.468 e. The number of rotatable bonds is 7. The molecule has 0 saturated heterocycles. The zero-order chi connectivity index (χ0) is 11.9. The average Bonchev–Trinajstić information content (AvgIpc) is 2.18. The predicted molar refractivity (Wildman–Crippen MR) is 51.6 cm³/mol. The maximum atomic E-state index is 11.2. The van der Waals surface area contributed by atoms with Crippen molar-refractivity contribution >= 4 is 16.0 Å². The molecule has 15 heavy (non-hydrogen) atoms. The Morgan fingerprint density at radius 2 is 1.80 bits per heavy atom. The minimum absolute atomic E-state index is 0.0632. The highest BCUT2D eigenvalue weighted by Crippen LogP contribution is 1.92. The third-order valence-electron chi connectivity index (χ3n) is 1.53. The monoisotopic (exact) mass is 241 g/mol. The summed E-state index contributed by atoms with van der Waals surface area (Å²) in [4.78, 5) is 10.7. The van der Waals surface area contributed by atoms with E-state index in [2.05, 4.69) is 9.46 Å². The maximum Gasteiger partial charge on any atom is 0.322 e. The van der Waals surface area contributed by atoms with E-state index in [0.717, 1.165) is 7.11 Å². The van der Waals surface area contributed by atoms with Crippen LogP contribution in [0.15, 0.2) is 0 Å². The first-order chi connectivity index (χ1) is 6.95. The van der Waals surface area contributed by atoms with Crippen molar-refractivity contribution in [2.75, 3.05) is 33.6 Å². The van der Waals surface area contributed by atoms with Crippen LogP contribution in [0.25, 0.3) is 0 Å². The Morgan fingerprint density at radius 3 is 2.20 bits per heavy atom. The smallest absolute Gasteiger partial charge is 0.322 e. The van der Waals surface area contributed by atoms with E-state index >= 15 is 0 Å². The number of carbonyl (C=O) groups excluding carboxylic acids is 1. The molecule has 0 aliphatic carbocycles. The fraction of sp³-hybridized carbons (Fsp3) is 0.857. The van der Waals surface area contributed by atoms with Gasteiger partial charge in [0.2, 0.25) is 10.0 Å². The van der Waals surface area contributed by atoms with Crippen LogP contribution in [0.1, 0.15) is 0 Å². The highest BCUT2D eigenvalue weighted by atomic mass is 32.2. The van der Waals surface area contributed by atoms with Crippen LogP contribution in [-0.4, -0.2) is 54.3 Å². The first-order valence-corrected chi connectivity index (χ1v) is 5.70. The van der Waals surface area contributed by atoms with Crippen LogP contribution in [0.5, 0.6) is 0 Å². The van der Waals surface area contributed by atoms with Crippen LogP contribution in [0.4, 0.5) is 0 Å². The van der Waals surface area contributed by atoms with Gasteiger partial charge in [0.05, 0.1) is 13.7 Å². The molecule has 0 atom stereocenters. The summed E-state index contributed by atoms with van der Waals surface area (Å²) in [7, 11) is 0.179. The van der Waals surface area contributed by atoms with Crippen molar-refractivity contribution in [2.45, 2.75) is 6.29 Å². The number of nitrogens with one attached hydrogen (secondary N) is 1. The molecule has 0 aromatic heterocycles. The molecule has 0 unspecified atom stereocenters. The first-order valence-electron chi connectivity index (χ1n) is 4.05. The van der Waals surface area contributed by atoms with E-state index in [1.54, 1.807) is 0 Å². The lowest BCUT2D eigenvalue weighted by molar-refractivity contribution is -0.137. The van der Waals surface area contributed by atoms with Crippen LogP contribution >= 0.6 is 0 Å². The Hall–Kier alpha value is -0.700. The maximum absolute atomic E-state index is 11.2. The van der Waals surface area contributed by atoms with Gasteiger partial charge in [-0.2, -0.15) is 0 Å². The van der Waals surface area contributed by atoms with Crippen molar-refractivity contribution in [1.82, 2.24) is 4.72 Å². The van der Waals surface area contributed by atoms with Gasteiger partial charge in [0.1, 0.15) is 0 Å². The lowest BCUT2D eigenvalue weighted by atomic mass is 10.6. The number of sulfonamides is 1. The molecule has 0 aliphatic rings. The van der Waals surface area contributed by atoms with E-state index in [4.69, 9.17) is 9.47 Å². The first kappa shape index (κ1) is 14.3. The molecular weight excluding hydrogens is 226 g/mol. The number of hydrogen-bond donors (Lipinski definition) is 1. The molecule has 0 fully saturated rings. The summed E-state index contributed by atoms with van der Waals surface area (Å²) in [5, 5.41) is 0. The third-order valence-corrected chi connectivity index (χ3v) is 2.75. The number of hydrogen-bond acceptors (Lipinski definition) is 6. The number of carbonyl (C=O) groups is 1. The van der Waals surface area contributed by atoms with E-state index in [1.165, 1.54) is 14.2 Å². The standard InChI is InChI=1S/C7H15NO6S/c1-12-6(9)5-15(10,11)8-4-7(13-2)14-3/h7-8H,4-5H2,1-3H3. The van der Waals surface area contributed by atoms with Gasteiger partial charge in [-0.25, -0.2) is 13.1 Å². The molecule has 0 aromatic rings. The molecule has 0 aromatic carbocycles. The predicted octanol–water partition coefficient (Wildman–Crippen LogP) is -1.30. The highest BCUT2D eigenvalue weighted by molar-refractivity contribution is 7.90. The van der Waals surface area contributed by atoms with Crippen molar-refractivity contribution in [2.24, 2.45) is 0 Å². The molecule has 0 heterocycles. The van der Waals surface area contributed by atoms with Crippen LogP contribution in [-0.2, 0) is 29.0 Å². The Labute approximate surface area is 88.7 Å². The topological polar surface area (TPSA) is 90.9 Å². The number of methoxy groups -OCH3 is 3. The minimum atomic E-state index is -3.69.